The Balaban J connectivity index is 1.94. The first-order valence-corrected chi connectivity index (χ1v) is 9.23. The largest absolute Gasteiger partial charge is 0.337 e. The van der Waals surface area contributed by atoms with E-state index in [4.69, 9.17) is 0 Å². The summed E-state index contributed by atoms with van der Waals surface area (Å²) in [5.74, 6) is 1.37. The number of nitrogens with zero attached hydrogens (tertiary/aromatic N) is 2. The van der Waals surface area contributed by atoms with Gasteiger partial charge in [-0.3, -0.25) is 4.79 Å². The number of likely N-dealkylation sites (N-methyl/N-ethyl adjacent to an activating group) is 1. The molecule has 4 heteroatoms. The van der Waals surface area contributed by atoms with Gasteiger partial charge in [0.15, 0.2) is 0 Å². The van der Waals surface area contributed by atoms with E-state index in [1.165, 1.54) is 18.4 Å². The molecule has 2 atom stereocenters. The first-order chi connectivity index (χ1) is 11.6. The lowest BCUT2D eigenvalue weighted by atomic mass is 9.85. The standard InChI is InChI=1S/C20H33N3O/c1-17(19-10-7-11-21-15-19)14-20(24)23(13-12-22(2)3)16-18-8-5-4-6-9-18/h4-6,8-9,17,19,21H,7,10-16H2,1-3H3. The van der Waals surface area contributed by atoms with Crippen LogP contribution < -0.4 is 5.32 Å². The van der Waals surface area contributed by atoms with E-state index in [1.807, 2.05) is 23.1 Å². The molecule has 1 aliphatic heterocycles. The third-order valence-corrected chi connectivity index (χ3v) is 5.02. The molecule has 1 N–H and O–H groups in total. The quantitative estimate of drug-likeness (QED) is 0.795. The Hall–Kier alpha value is -1.39. The minimum atomic E-state index is 0.291. The summed E-state index contributed by atoms with van der Waals surface area (Å²) in [6.07, 6.45) is 3.14. The fraction of sp³-hybridized carbons (Fsp3) is 0.650. The fourth-order valence-corrected chi connectivity index (χ4v) is 3.35. The summed E-state index contributed by atoms with van der Waals surface area (Å²) in [6.45, 7) is 6.82. The van der Waals surface area contributed by atoms with Crippen LogP contribution in [-0.2, 0) is 11.3 Å². The van der Waals surface area contributed by atoms with Crippen molar-refractivity contribution in [2.45, 2.75) is 32.7 Å². The van der Waals surface area contributed by atoms with Crippen LogP contribution in [0.5, 0.6) is 0 Å². The second kappa shape index (κ2) is 9.80. The summed E-state index contributed by atoms with van der Waals surface area (Å²) in [5, 5.41) is 3.47. The molecule has 134 valence electrons. The topological polar surface area (TPSA) is 35.6 Å². The molecular formula is C20H33N3O. The number of hydrogen-bond donors (Lipinski definition) is 1. The monoisotopic (exact) mass is 331 g/mol. The van der Waals surface area contributed by atoms with Gasteiger partial charge in [0, 0.05) is 26.1 Å². The molecule has 1 aliphatic rings. The maximum absolute atomic E-state index is 12.9. The first-order valence-electron chi connectivity index (χ1n) is 9.23. The number of rotatable bonds is 8. The zero-order valence-electron chi connectivity index (χ0n) is 15.5. The van der Waals surface area contributed by atoms with E-state index in [9.17, 15) is 4.79 Å². The molecule has 4 nitrogen and oxygen atoms in total. The molecule has 1 fully saturated rings. The first kappa shape index (κ1) is 18.9. The van der Waals surface area contributed by atoms with E-state index >= 15 is 0 Å². The molecule has 1 aromatic rings. The molecular weight excluding hydrogens is 298 g/mol. The summed E-state index contributed by atoms with van der Waals surface area (Å²) in [4.78, 5) is 17.1. The van der Waals surface area contributed by atoms with Gasteiger partial charge in [0.25, 0.3) is 0 Å². The molecule has 0 aromatic heterocycles. The third-order valence-electron chi connectivity index (χ3n) is 5.02. The van der Waals surface area contributed by atoms with E-state index in [-0.39, 0.29) is 0 Å². The Bertz CT molecular complexity index is 483. The second-order valence-electron chi connectivity index (χ2n) is 7.39. The normalized spacial score (nSPS) is 19.2. The molecule has 1 aromatic carbocycles. The molecule has 1 saturated heterocycles. The average molecular weight is 332 g/mol. The maximum atomic E-state index is 12.9. The average Bonchev–Trinajstić information content (AvgIpc) is 2.60. The van der Waals surface area contributed by atoms with Crippen LogP contribution in [0.3, 0.4) is 0 Å². The lowest BCUT2D eigenvalue weighted by Gasteiger charge is -2.30. The van der Waals surface area contributed by atoms with Gasteiger partial charge in [0.05, 0.1) is 0 Å². The number of carbonyl (C=O) groups excluding carboxylic acids is 1. The summed E-state index contributed by atoms with van der Waals surface area (Å²) in [7, 11) is 4.11. The Kier molecular flexibility index (Phi) is 7.73. The Morgan fingerprint density at radius 1 is 1.25 bits per heavy atom. The number of piperidine rings is 1. The van der Waals surface area contributed by atoms with Gasteiger partial charge in [-0.2, -0.15) is 0 Å². The zero-order chi connectivity index (χ0) is 17.4. The smallest absolute Gasteiger partial charge is 0.223 e. The lowest BCUT2D eigenvalue weighted by molar-refractivity contribution is -0.133. The number of carbonyl (C=O) groups is 1. The van der Waals surface area contributed by atoms with Crippen molar-refractivity contribution in [1.82, 2.24) is 15.1 Å². The van der Waals surface area contributed by atoms with Crippen LogP contribution in [0.25, 0.3) is 0 Å². The van der Waals surface area contributed by atoms with Crippen molar-refractivity contribution in [3.63, 3.8) is 0 Å². The van der Waals surface area contributed by atoms with Crippen LogP contribution in [0.15, 0.2) is 30.3 Å². The highest BCUT2D eigenvalue weighted by atomic mass is 16.2. The minimum absolute atomic E-state index is 0.291. The van der Waals surface area contributed by atoms with Gasteiger partial charge < -0.3 is 15.1 Å². The van der Waals surface area contributed by atoms with Crippen LogP contribution in [-0.4, -0.2) is 56.0 Å². The van der Waals surface area contributed by atoms with E-state index < -0.39 is 0 Å². The summed E-state index contributed by atoms with van der Waals surface area (Å²) in [6, 6.07) is 10.3. The van der Waals surface area contributed by atoms with Crippen molar-refractivity contribution in [3.8, 4) is 0 Å². The number of nitrogens with one attached hydrogen (secondary N) is 1. The molecule has 2 unspecified atom stereocenters. The molecule has 0 saturated carbocycles. The molecule has 0 spiro atoms. The van der Waals surface area contributed by atoms with E-state index in [0.29, 0.717) is 30.7 Å². The highest BCUT2D eigenvalue weighted by Crippen LogP contribution is 2.23. The van der Waals surface area contributed by atoms with Gasteiger partial charge in [-0.1, -0.05) is 37.3 Å². The Morgan fingerprint density at radius 2 is 2.00 bits per heavy atom. The van der Waals surface area contributed by atoms with Gasteiger partial charge in [0.2, 0.25) is 5.91 Å². The van der Waals surface area contributed by atoms with Gasteiger partial charge >= 0.3 is 0 Å². The van der Waals surface area contributed by atoms with Crippen molar-refractivity contribution >= 4 is 5.91 Å². The third kappa shape index (κ3) is 6.25. The van der Waals surface area contributed by atoms with Crippen LogP contribution in [0.1, 0.15) is 31.7 Å². The lowest BCUT2D eigenvalue weighted by Crippen LogP contribution is -2.39. The fourth-order valence-electron chi connectivity index (χ4n) is 3.35. The Labute approximate surface area is 147 Å². The van der Waals surface area contributed by atoms with Gasteiger partial charge in [-0.25, -0.2) is 0 Å². The van der Waals surface area contributed by atoms with Crippen molar-refractivity contribution in [1.29, 1.82) is 0 Å². The molecule has 0 bridgehead atoms. The summed E-state index contributed by atoms with van der Waals surface area (Å²) < 4.78 is 0. The van der Waals surface area contributed by atoms with Gasteiger partial charge in [-0.15, -0.1) is 0 Å². The summed E-state index contributed by atoms with van der Waals surface area (Å²) in [5.41, 5.74) is 1.21. The van der Waals surface area contributed by atoms with E-state index in [1.54, 1.807) is 0 Å². The number of benzene rings is 1. The minimum Gasteiger partial charge on any atom is -0.337 e. The van der Waals surface area contributed by atoms with Crippen LogP contribution >= 0.6 is 0 Å². The molecule has 0 radical (unpaired) electrons. The molecule has 0 aliphatic carbocycles. The van der Waals surface area contributed by atoms with Crippen molar-refractivity contribution in [2.75, 3.05) is 40.3 Å². The van der Waals surface area contributed by atoms with E-state index in [0.717, 1.165) is 26.2 Å². The van der Waals surface area contributed by atoms with Crippen molar-refractivity contribution < 1.29 is 4.79 Å². The van der Waals surface area contributed by atoms with Gasteiger partial charge in [0.1, 0.15) is 0 Å². The highest BCUT2D eigenvalue weighted by Gasteiger charge is 2.24. The van der Waals surface area contributed by atoms with Crippen molar-refractivity contribution in [3.05, 3.63) is 35.9 Å². The van der Waals surface area contributed by atoms with Gasteiger partial charge in [-0.05, 0) is 57.4 Å². The molecule has 1 amide bonds. The van der Waals surface area contributed by atoms with Crippen LogP contribution in [0, 0.1) is 11.8 Å². The van der Waals surface area contributed by atoms with Crippen LogP contribution in [0.2, 0.25) is 0 Å². The van der Waals surface area contributed by atoms with Crippen molar-refractivity contribution in [2.24, 2.45) is 11.8 Å². The molecule has 2 rings (SSSR count). The predicted molar refractivity (Wildman–Crippen MR) is 99.8 cm³/mol. The number of amides is 1. The highest BCUT2D eigenvalue weighted by molar-refractivity contribution is 5.76. The predicted octanol–water partition coefficient (Wildman–Crippen LogP) is 2.60. The SMILES string of the molecule is CC(CC(=O)N(CCN(C)C)Cc1ccccc1)C1CCCNC1. The van der Waals surface area contributed by atoms with E-state index in [2.05, 4.69) is 43.4 Å². The maximum Gasteiger partial charge on any atom is 0.223 e. The molecule has 1 heterocycles. The zero-order valence-corrected chi connectivity index (χ0v) is 15.5. The summed E-state index contributed by atoms with van der Waals surface area (Å²) >= 11 is 0. The number of hydrogen-bond acceptors (Lipinski definition) is 3. The van der Waals surface area contributed by atoms with Crippen LogP contribution in [0.4, 0.5) is 0 Å². The Morgan fingerprint density at radius 3 is 2.62 bits per heavy atom. The molecule has 24 heavy (non-hydrogen) atoms. The second-order valence-corrected chi connectivity index (χ2v) is 7.39.